The first-order valence-corrected chi connectivity index (χ1v) is 6.64. The van der Waals surface area contributed by atoms with Crippen molar-refractivity contribution in [1.82, 2.24) is 25.1 Å². The maximum absolute atomic E-state index is 12.9. The van der Waals surface area contributed by atoms with Crippen molar-refractivity contribution in [3.05, 3.63) is 54.9 Å². The Bertz CT molecular complexity index is 911. The van der Waals surface area contributed by atoms with Crippen molar-refractivity contribution >= 4 is 22.5 Å². The first kappa shape index (κ1) is 12.5. The monoisotopic (exact) mass is 294 g/mol. The minimum absolute atomic E-state index is 0.372. The van der Waals surface area contributed by atoms with E-state index in [1.165, 1.54) is 6.07 Å². The highest BCUT2D eigenvalue weighted by Crippen LogP contribution is 2.25. The number of fused-ring (bicyclic) bond motifs is 1. The highest BCUT2D eigenvalue weighted by atomic mass is 19.1. The average Bonchev–Trinajstić information content (AvgIpc) is 3.17. The molecular formula is C15H11FN6. The van der Waals surface area contributed by atoms with E-state index < -0.39 is 0 Å². The van der Waals surface area contributed by atoms with Crippen molar-refractivity contribution in [3.63, 3.8) is 0 Å². The van der Waals surface area contributed by atoms with Crippen LogP contribution in [-0.2, 0) is 0 Å². The molecule has 0 fully saturated rings. The molecule has 0 aliphatic heterocycles. The number of rotatable bonds is 3. The van der Waals surface area contributed by atoms with Gasteiger partial charge in [0.25, 0.3) is 0 Å². The maximum atomic E-state index is 12.9. The van der Waals surface area contributed by atoms with Crippen LogP contribution in [0.15, 0.2) is 49.1 Å². The standard InChI is InChI=1S/C15H11FN6/c16-11-1-2-14(18-8-11)22-15-4-13-9(5-17-15)3-12(21-13)10-6-19-20-7-10/h1-8,21H,(H,19,20)(H,17,18,22). The number of hydrogen-bond donors (Lipinski definition) is 3. The van der Waals surface area contributed by atoms with E-state index in [1.807, 2.05) is 18.3 Å². The predicted molar refractivity (Wildman–Crippen MR) is 81.2 cm³/mol. The first-order valence-electron chi connectivity index (χ1n) is 6.64. The van der Waals surface area contributed by atoms with Gasteiger partial charge >= 0.3 is 0 Å². The Morgan fingerprint density at radius 1 is 1.00 bits per heavy atom. The van der Waals surface area contributed by atoms with E-state index in [0.717, 1.165) is 28.4 Å². The number of H-pyrrole nitrogens is 2. The summed E-state index contributed by atoms with van der Waals surface area (Å²) in [5.74, 6) is 0.796. The zero-order valence-electron chi connectivity index (χ0n) is 11.3. The molecule has 4 aromatic rings. The van der Waals surface area contributed by atoms with E-state index in [1.54, 1.807) is 18.5 Å². The van der Waals surface area contributed by atoms with Crippen LogP contribution in [0.4, 0.5) is 16.0 Å². The minimum Gasteiger partial charge on any atom is -0.354 e. The summed E-state index contributed by atoms with van der Waals surface area (Å²) in [4.78, 5) is 11.6. The first-order chi connectivity index (χ1) is 10.8. The van der Waals surface area contributed by atoms with Crippen molar-refractivity contribution in [2.45, 2.75) is 0 Å². The van der Waals surface area contributed by atoms with Gasteiger partial charge in [-0.3, -0.25) is 5.10 Å². The Kier molecular flexibility index (Phi) is 2.82. The van der Waals surface area contributed by atoms with Gasteiger partial charge < -0.3 is 10.3 Å². The summed E-state index contributed by atoms with van der Waals surface area (Å²) in [6.07, 6.45) is 6.49. The second kappa shape index (κ2) is 4.96. The third-order valence-electron chi connectivity index (χ3n) is 3.30. The topological polar surface area (TPSA) is 82.3 Å². The van der Waals surface area contributed by atoms with E-state index in [2.05, 4.69) is 30.5 Å². The van der Waals surface area contributed by atoms with Crippen LogP contribution in [0.5, 0.6) is 0 Å². The number of anilines is 2. The highest BCUT2D eigenvalue weighted by molar-refractivity contribution is 5.87. The number of aromatic nitrogens is 5. The van der Waals surface area contributed by atoms with Crippen LogP contribution in [0.1, 0.15) is 0 Å². The van der Waals surface area contributed by atoms with Gasteiger partial charge in [0.1, 0.15) is 17.5 Å². The molecule has 4 rings (SSSR count). The molecular weight excluding hydrogens is 283 g/mol. The average molecular weight is 294 g/mol. The lowest BCUT2D eigenvalue weighted by Crippen LogP contribution is -1.95. The van der Waals surface area contributed by atoms with Gasteiger partial charge in [0, 0.05) is 35.1 Å². The van der Waals surface area contributed by atoms with Gasteiger partial charge in [0.2, 0.25) is 0 Å². The predicted octanol–water partition coefficient (Wildman–Crippen LogP) is 3.23. The summed E-state index contributed by atoms with van der Waals surface area (Å²) >= 11 is 0. The zero-order chi connectivity index (χ0) is 14.9. The van der Waals surface area contributed by atoms with Gasteiger partial charge in [-0.2, -0.15) is 5.10 Å². The summed E-state index contributed by atoms with van der Waals surface area (Å²) in [5, 5.41) is 10.8. The molecule has 7 heteroatoms. The van der Waals surface area contributed by atoms with Crippen molar-refractivity contribution in [1.29, 1.82) is 0 Å². The van der Waals surface area contributed by atoms with Gasteiger partial charge in [-0.15, -0.1) is 0 Å². The normalized spacial score (nSPS) is 11.0. The second-order valence-electron chi connectivity index (χ2n) is 4.81. The van der Waals surface area contributed by atoms with Crippen LogP contribution in [0.3, 0.4) is 0 Å². The van der Waals surface area contributed by atoms with Gasteiger partial charge in [0.15, 0.2) is 0 Å². The quantitative estimate of drug-likeness (QED) is 0.542. The Hall–Kier alpha value is -3.22. The molecule has 22 heavy (non-hydrogen) atoms. The number of halogens is 1. The lowest BCUT2D eigenvalue weighted by molar-refractivity contribution is 0.622. The van der Waals surface area contributed by atoms with E-state index in [9.17, 15) is 4.39 Å². The van der Waals surface area contributed by atoms with Crippen molar-refractivity contribution in [2.24, 2.45) is 0 Å². The lowest BCUT2D eigenvalue weighted by atomic mass is 10.2. The lowest BCUT2D eigenvalue weighted by Gasteiger charge is -2.04. The summed E-state index contributed by atoms with van der Waals surface area (Å²) in [6, 6.07) is 6.80. The molecule has 0 radical (unpaired) electrons. The van der Waals surface area contributed by atoms with E-state index in [4.69, 9.17) is 0 Å². The molecule has 4 heterocycles. The number of nitrogens with zero attached hydrogens (tertiary/aromatic N) is 3. The Morgan fingerprint density at radius 3 is 2.68 bits per heavy atom. The van der Waals surface area contributed by atoms with E-state index in [-0.39, 0.29) is 5.82 Å². The summed E-state index contributed by atoms with van der Waals surface area (Å²) in [5.41, 5.74) is 2.88. The fraction of sp³-hybridized carbons (Fsp3) is 0. The van der Waals surface area contributed by atoms with Crippen LogP contribution in [-0.4, -0.2) is 25.1 Å². The molecule has 0 atom stereocenters. The third-order valence-corrected chi connectivity index (χ3v) is 3.30. The SMILES string of the molecule is Fc1ccc(Nc2cc3[nH]c(-c4cn[nH]c4)cc3cn2)nc1. The van der Waals surface area contributed by atoms with Gasteiger partial charge in [-0.1, -0.05) is 0 Å². The number of nitrogens with one attached hydrogen (secondary N) is 3. The molecule has 0 spiro atoms. The summed E-state index contributed by atoms with van der Waals surface area (Å²) < 4.78 is 12.9. The number of pyridine rings is 2. The highest BCUT2D eigenvalue weighted by Gasteiger charge is 2.06. The fourth-order valence-corrected chi connectivity index (χ4v) is 2.23. The van der Waals surface area contributed by atoms with Crippen LogP contribution in [0, 0.1) is 5.82 Å². The molecule has 0 amide bonds. The molecule has 0 bridgehead atoms. The maximum Gasteiger partial charge on any atom is 0.141 e. The number of hydrogen-bond acceptors (Lipinski definition) is 4. The van der Waals surface area contributed by atoms with Gasteiger partial charge in [-0.25, -0.2) is 14.4 Å². The van der Waals surface area contributed by atoms with Gasteiger partial charge in [-0.05, 0) is 18.2 Å². The van der Waals surface area contributed by atoms with Crippen LogP contribution in [0.25, 0.3) is 22.2 Å². The molecule has 0 unspecified atom stereocenters. The van der Waals surface area contributed by atoms with E-state index >= 15 is 0 Å². The zero-order valence-corrected chi connectivity index (χ0v) is 11.3. The summed E-state index contributed by atoms with van der Waals surface area (Å²) in [6.45, 7) is 0. The van der Waals surface area contributed by atoms with Crippen molar-refractivity contribution < 1.29 is 4.39 Å². The second-order valence-corrected chi connectivity index (χ2v) is 4.81. The Balaban J connectivity index is 1.67. The molecule has 0 saturated heterocycles. The molecule has 0 aliphatic rings. The molecule has 0 saturated carbocycles. The smallest absolute Gasteiger partial charge is 0.141 e. The van der Waals surface area contributed by atoms with Crippen molar-refractivity contribution in [2.75, 3.05) is 5.32 Å². The fourth-order valence-electron chi connectivity index (χ4n) is 2.23. The Labute approximate surface area is 124 Å². The Morgan fingerprint density at radius 2 is 1.91 bits per heavy atom. The van der Waals surface area contributed by atoms with Crippen molar-refractivity contribution in [3.8, 4) is 11.3 Å². The molecule has 3 N–H and O–H groups in total. The van der Waals surface area contributed by atoms with Crippen LogP contribution < -0.4 is 5.32 Å². The summed E-state index contributed by atoms with van der Waals surface area (Å²) in [7, 11) is 0. The molecule has 0 aromatic carbocycles. The molecule has 6 nitrogen and oxygen atoms in total. The van der Waals surface area contributed by atoms with Crippen LogP contribution in [0.2, 0.25) is 0 Å². The molecule has 4 aromatic heterocycles. The number of aromatic amines is 2. The molecule has 0 aliphatic carbocycles. The van der Waals surface area contributed by atoms with Gasteiger partial charge in [0.05, 0.1) is 17.9 Å². The third kappa shape index (κ3) is 2.28. The van der Waals surface area contributed by atoms with E-state index in [0.29, 0.717) is 11.6 Å². The molecule has 108 valence electrons. The largest absolute Gasteiger partial charge is 0.354 e. The van der Waals surface area contributed by atoms with Crippen LogP contribution >= 0.6 is 0 Å². The minimum atomic E-state index is -0.372.